The van der Waals surface area contributed by atoms with Crippen LogP contribution in [0.25, 0.3) is 0 Å². The summed E-state index contributed by atoms with van der Waals surface area (Å²) < 4.78 is 10.9. The smallest absolute Gasteiger partial charge is 0.412 e. The molecule has 1 aliphatic rings. The normalized spacial score (nSPS) is 15.2. The van der Waals surface area contributed by atoms with Crippen LogP contribution in [-0.2, 0) is 27.2 Å². The Morgan fingerprint density at radius 1 is 0.921 bits per heavy atom. The van der Waals surface area contributed by atoms with Crippen molar-refractivity contribution in [2.75, 3.05) is 16.4 Å². The molecule has 0 aliphatic carbocycles. The van der Waals surface area contributed by atoms with Gasteiger partial charge in [-0.3, -0.25) is 19.8 Å². The lowest BCUT2D eigenvalue weighted by molar-refractivity contribution is -0.121. The quantitative estimate of drug-likeness (QED) is 0.438. The van der Waals surface area contributed by atoms with Crippen molar-refractivity contribution >= 4 is 41.1 Å². The molecule has 1 aliphatic heterocycles. The average Bonchev–Trinajstić information content (AvgIpc) is 2.76. The van der Waals surface area contributed by atoms with Crippen molar-refractivity contribution in [2.24, 2.45) is 5.73 Å². The van der Waals surface area contributed by atoms with Gasteiger partial charge in [-0.1, -0.05) is 12.1 Å². The molecule has 11 nitrogen and oxygen atoms in total. The summed E-state index contributed by atoms with van der Waals surface area (Å²) in [4.78, 5) is 51.8. The van der Waals surface area contributed by atoms with E-state index in [1.54, 1.807) is 71.9 Å². The molecule has 0 saturated carbocycles. The van der Waals surface area contributed by atoms with E-state index < -0.39 is 41.2 Å². The number of nitrogens with zero attached hydrogens (tertiary/aromatic N) is 1. The Kier molecular flexibility index (Phi) is 7.90. The minimum absolute atomic E-state index is 0.0336. The molecule has 0 radical (unpaired) electrons. The van der Waals surface area contributed by atoms with Gasteiger partial charge in [0.2, 0.25) is 5.91 Å². The monoisotopic (exact) mass is 525 g/mol. The van der Waals surface area contributed by atoms with Crippen molar-refractivity contribution in [3.63, 3.8) is 0 Å². The van der Waals surface area contributed by atoms with Crippen LogP contribution < -0.4 is 22.1 Å². The summed E-state index contributed by atoms with van der Waals surface area (Å²) in [6.45, 7) is 10.6. The number of ether oxygens (including phenoxy) is 2. The molecule has 204 valence electrons. The van der Waals surface area contributed by atoms with Gasteiger partial charge in [0.05, 0.1) is 23.5 Å². The van der Waals surface area contributed by atoms with E-state index in [1.165, 1.54) is 11.0 Å². The second-order valence-electron chi connectivity index (χ2n) is 11.1. The summed E-state index contributed by atoms with van der Waals surface area (Å²) >= 11 is 0. The van der Waals surface area contributed by atoms with Crippen molar-refractivity contribution in [1.29, 1.82) is 0 Å². The molecule has 0 aromatic heterocycles. The van der Waals surface area contributed by atoms with Crippen molar-refractivity contribution in [3.05, 3.63) is 53.1 Å². The third-order valence-electron chi connectivity index (χ3n) is 5.54. The van der Waals surface area contributed by atoms with Crippen LogP contribution in [0.5, 0.6) is 0 Å². The number of carbonyl (C=O) groups excluding carboxylic acids is 4. The zero-order valence-electron chi connectivity index (χ0n) is 22.5. The Hall–Kier alpha value is -4.28. The van der Waals surface area contributed by atoms with Crippen LogP contribution in [0.4, 0.5) is 26.7 Å². The SMILES string of the molecule is CC(C)(C)OC(=O)Nc1ccc2c(c1)CN(C(=O)OC(C)(C)C)C(C(=O)Nc1cccc(C(N)=O)c1N)C2. The minimum atomic E-state index is -0.932. The molecular weight excluding hydrogens is 490 g/mol. The van der Waals surface area contributed by atoms with Crippen molar-refractivity contribution in [3.8, 4) is 0 Å². The number of amides is 4. The fourth-order valence-corrected chi connectivity index (χ4v) is 3.94. The van der Waals surface area contributed by atoms with Gasteiger partial charge in [0.25, 0.3) is 5.91 Å². The number of rotatable bonds is 4. The van der Waals surface area contributed by atoms with Crippen LogP contribution in [0, 0.1) is 0 Å². The summed E-state index contributed by atoms with van der Waals surface area (Å²) in [5, 5.41) is 5.41. The highest BCUT2D eigenvalue weighted by molar-refractivity contribution is 6.05. The van der Waals surface area contributed by atoms with Crippen LogP contribution >= 0.6 is 0 Å². The molecule has 0 saturated heterocycles. The maximum Gasteiger partial charge on any atom is 0.412 e. The number of hydrogen-bond donors (Lipinski definition) is 4. The standard InChI is InChI=1S/C27H35N5O6/c1-26(2,3)37-24(35)30-17-11-10-15-13-20(32(14-16(15)12-17)25(36)38-27(4,5)6)23(34)31-19-9-7-8-18(21(19)28)22(29)33/h7-12,20H,13-14,28H2,1-6H3,(H2,29,33)(H,30,35)(H,31,34). The van der Waals surface area contributed by atoms with Gasteiger partial charge < -0.3 is 26.3 Å². The number of nitrogens with two attached hydrogens (primary N) is 2. The number of fused-ring (bicyclic) bond motifs is 1. The first-order valence-corrected chi connectivity index (χ1v) is 12.1. The highest BCUT2D eigenvalue weighted by atomic mass is 16.6. The molecule has 0 spiro atoms. The minimum Gasteiger partial charge on any atom is -0.444 e. The fourth-order valence-electron chi connectivity index (χ4n) is 3.94. The molecular formula is C27H35N5O6. The lowest BCUT2D eigenvalue weighted by atomic mass is 9.93. The van der Waals surface area contributed by atoms with Gasteiger partial charge in [-0.2, -0.15) is 0 Å². The van der Waals surface area contributed by atoms with Crippen LogP contribution in [0.1, 0.15) is 63.0 Å². The molecule has 1 heterocycles. The largest absolute Gasteiger partial charge is 0.444 e. The predicted octanol–water partition coefficient (Wildman–Crippen LogP) is 4.02. The molecule has 4 amide bonds. The molecule has 1 unspecified atom stereocenters. The molecule has 3 rings (SSSR count). The molecule has 2 aromatic rings. The third-order valence-corrected chi connectivity index (χ3v) is 5.54. The Bertz CT molecular complexity index is 1260. The number of nitrogens with one attached hydrogen (secondary N) is 2. The predicted molar refractivity (Wildman–Crippen MR) is 144 cm³/mol. The van der Waals surface area contributed by atoms with E-state index in [4.69, 9.17) is 20.9 Å². The first-order chi connectivity index (χ1) is 17.5. The Morgan fingerprint density at radius 2 is 1.58 bits per heavy atom. The highest BCUT2D eigenvalue weighted by Crippen LogP contribution is 2.30. The fraction of sp³-hybridized carbons (Fsp3) is 0.407. The maximum absolute atomic E-state index is 13.4. The zero-order chi connectivity index (χ0) is 28.4. The molecule has 11 heteroatoms. The van der Waals surface area contributed by atoms with Gasteiger partial charge in [0.1, 0.15) is 17.2 Å². The van der Waals surface area contributed by atoms with Gasteiger partial charge in [-0.15, -0.1) is 0 Å². The van der Waals surface area contributed by atoms with Crippen molar-refractivity contribution < 1.29 is 28.7 Å². The number of carbonyl (C=O) groups is 4. The first kappa shape index (κ1) is 28.3. The molecule has 0 bridgehead atoms. The van der Waals surface area contributed by atoms with Gasteiger partial charge in [-0.25, -0.2) is 9.59 Å². The second-order valence-corrected chi connectivity index (χ2v) is 11.1. The summed E-state index contributed by atoms with van der Waals surface area (Å²) in [6.07, 6.45) is -1.10. The van der Waals surface area contributed by atoms with E-state index in [0.717, 1.165) is 11.1 Å². The van der Waals surface area contributed by atoms with Gasteiger partial charge >= 0.3 is 12.2 Å². The first-order valence-electron chi connectivity index (χ1n) is 12.1. The van der Waals surface area contributed by atoms with Crippen LogP contribution in [0.3, 0.4) is 0 Å². The number of benzene rings is 2. The number of para-hydroxylation sites is 1. The lowest BCUT2D eigenvalue weighted by Crippen LogP contribution is -2.52. The van der Waals surface area contributed by atoms with Crippen LogP contribution in [0.2, 0.25) is 0 Å². The van der Waals surface area contributed by atoms with Crippen LogP contribution in [0.15, 0.2) is 36.4 Å². The van der Waals surface area contributed by atoms with Crippen LogP contribution in [-0.4, -0.2) is 46.1 Å². The molecule has 0 fully saturated rings. The maximum atomic E-state index is 13.4. The number of hydrogen-bond acceptors (Lipinski definition) is 7. The molecule has 6 N–H and O–H groups in total. The van der Waals surface area contributed by atoms with Gasteiger partial charge in [0, 0.05) is 12.1 Å². The Morgan fingerprint density at radius 3 is 2.18 bits per heavy atom. The second kappa shape index (κ2) is 10.6. The topological polar surface area (TPSA) is 166 Å². The van der Waals surface area contributed by atoms with E-state index in [2.05, 4.69) is 10.6 Å². The van der Waals surface area contributed by atoms with E-state index >= 15 is 0 Å². The number of nitrogen functional groups attached to an aromatic ring is 1. The summed E-state index contributed by atoms with van der Waals surface area (Å²) in [7, 11) is 0. The van der Waals surface area contributed by atoms with Gasteiger partial charge in [-0.05, 0) is 76.9 Å². The number of anilines is 3. The third kappa shape index (κ3) is 7.15. The van der Waals surface area contributed by atoms with E-state index in [1.807, 2.05) is 0 Å². The van der Waals surface area contributed by atoms with E-state index in [0.29, 0.717) is 5.69 Å². The van der Waals surface area contributed by atoms with Crippen molar-refractivity contribution in [1.82, 2.24) is 4.90 Å². The molecule has 1 atom stereocenters. The summed E-state index contributed by atoms with van der Waals surface area (Å²) in [5.41, 5.74) is 12.3. The Labute approximate surface area is 221 Å². The van der Waals surface area contributed by atoms with Gasteiger partial charge in [0.15, 0.2) is 0 Å². The highest BCUT2D eigenvalue weighted by Gasteiger charge is 2.37. The zero-order valence-corrected chi connectivity index (χ0v) is 22.5. The summed E-state index contributed by atoms with van der Waals surface area (Å²) in [6, 6.07) is 8.85. The van der Waals surface area contributed by atoms with Crippen molar-refractivity contribution in [2.45, 2.75) is 71.8 Å². The number of primary amides is 1. The molecule has 38 heavy (non-hydrogen) atoms. The summed E-state index contributed by atoms with van der Waals surface area (Å²) in [5.74, 6) is -1.23. The van der Waals surface area contributed by atoms with E-state index in [-0.39, 0.29) is 29.9 Å². The van der Waals surface area contributed by atoms with E-state index in [9.17, 15) is 19.2 Å². The Balaban J connectivity index is 1.90. The average molecular weight is 526 g/mol. The lowest BCUT2D eigenvalue weighted by Gasteiger charge is -2.37. The molecule has 2 aromatic carbocycles.